The van der Waals surface area contributed by atoms with Crippen molar-refractivity contribution in [1.82, 2.24) is 9.97 Å². The van der Waals surface area contributed by atoms with Crippen LogP contribution in [0.1, 0.15) is 21.7 Å². The molecule has 11 heteroatoms. The van der Waals surface area contributed by atoms with Crippen molar-refractivity contribution < 1.29 is 18.0 Å². The second-order valence-corrected chi connectivity index (χ2v) is 8.51. The van der Waals surface area contributed by atoms with Gasteiger partial charge in [0, 0.05) is 10.9 Å². The maximum absolute atomic E-state index is 12.9. The summed E-state index contributed by atoms with van der Waals surface area (Å²) in [7, 11) is 0. The Morgan fingerprint density at radius 3 is 2.86 bits per heavy atom. The molecule has 5 nitrogen and oxygen atoms in total. The van der Waals surface area contributed by atoms with Crippen molar-refractivity contribution in [1.29, 1.82) is 5.26 Å². The molecule has 0 fully saturated rings. The lowest BCUT2D eigenvalue weighted by Gasteiger charge is -2.07. The standard InChI is InChI=1S/C17H11F3N4OS3/c1-9-15(26-6-5-21)28-16(22-9)24-13(25)12-8-27-14(23-12)10-3-2-4-11(7-10)17(18,19)20/h2-4,7-8H,6H2,1H3,(H,22,24,25). The van der Waals surface area contributed by atoms with E-state index in [0.717, 1.165) is 27.7 Å². The predicted molar refractivity (Wildman–Crippen MR) is 104 cm³/mol. The van der Waals surface area contributed by atoms with Gasteiger partial charge in [0.1, 0.15) is 10.7 Å². The summed E-state index contributed by atoms with van der Waals surface area (Å²) >= 11 is 3.67. The van der Waals surface area contributed by atoms with E-state index in [-0.39, 0.29) is 11.4 Å². The van der Waals surface area contributed by atoms with Crippen molar-refractivity contribution >= 4 is 45.5 Å². The number of nitriles is 1. The zero-order chi connectivity index (χ0) is 20.3. The molecule has 28 heavy (non-hydrogen) atoms. The van der Waals surface area contributed by atoms with Crippen LogP contribution < -0.4 is 5.32 Å². The molecule has 3 aromatic rings. The fourth-order valence-electron chi connectivity index (χ4n) is 2.17. The van der Waals surface area contributed by atoms with Gasteiger partial charge in [-0.1, -0.05) is 35.2 Å². The number of benzene rings is 1. The summed E-state index contributed by atoms with van der Waals surface area (Å²) in [6.07, 6.45) is -4.45. The second kappa shape index (κ2) is 8.30. The smallest absolute Gasteiger partial charge is 0.296 e. The third kappa shape index (κ3) is 4.70. The van der Waals surface area contributed by atoms with E-state index in [1.54, 1.807) is 6.92 Å². The minimum atomic E-state index is -4.45. The lowest BCUT2D eigenvalue weighted by Crippen LogP contribution is -2.12. The van der Waals surface area contributed by atoms with Crippen LogP contribution in [0.15, 0.2) is 33.9 Å². The Bertz CT molecular complexity index is 1050. The van der Waals surface area contributed by atoms with Gasteiger partial charge in [-0.05, 0) is 19.1 Å². The third-order valence-corrected chi connectivity index (χ3v) is 6.61. The largest absolute Gasteiger partial charge is 0.416 e. The lowest BCUT2D eigenvalue weighted by molar-refractivity contribution is -0.137. The van der Waals surface area contributed by atoms with Crippen molar-refractivity contribution in [2.45, 2.75) is 17.3 Å². The van der Waals surface area contributed by atoms with Gasteiger partial charge in [-0.15, -0.1) is 11.3 Å². The Morgan fingerprint density at radius 2 is 2.14 bits per heavy atom. The zero-order valence-corrected chi connectivity index (χ0v) is 16.7. The average Bonchev–Trinajstić information content (AvgIpc) is 3.26. The summed E-state index contributed by atoms with van der Waals surface area (Å²) in [4.78, 5) is 20.8. The highest BCUT2D eigenvalue weighted by Gasteiger charge is 2.30. The van der Waals surface area contributed by atoms with Gasteiger partial charge in [-0.3, -0.25) is 10.1 Å². The number of aryl methyl sites for hydroxylation is 1. The highest BCUT2D eigenvalue weighted by Crippen LogP contribution is 2.34. The SMILES string of the molecule is Cc1nc(NC(=O)c2csc(-c3cccc(C(F)(F)F)c3)n2)sc1SCC#N. The third-order valence-electron chi connectivity index (χ3n) is 3.42. The number of halogens is 3. The van der Waals surface area contributed by atoms with Gasteiger partial charge in [0.25, 0.3) is 5.91 Å². The van der Waals surface area contributed by atoms with E-state index in [1.807, 2.05) is 6.07 Å². The Balaban J connectivity index is 1.75. The molecule has 0 aliphatic rings. The first kappa shape index (κ1) is 20.3. The topological polar surface area (TPSA) is 78.7 Å². The van der Waals surface area contributed by atoms with Gasteiger partial charge in [-0.2, -0.15) is 18.4 Å². The molecule has 2 heterocycles. The first-order valence-electron chi connectivity index (χ1n) is 7.69. The van der Waals surface area contributed by atoms with Gasteiger partial charge in [-0.25, -0.2) is 9.97 Å². The number of amides is 1. The number of hydrogen-bond donors (Lipinski definition) is 1. The van der Waals surface area contributed by atoms with E-state index >= 15 is 0 Å². The molecular formula is C17H11F3N4OS3. The number of nitrogens with zero attached hydrogens (tertiary/aromatic N) is 3. The van der Waals surface area contributed by atoms with Crippen molar-refractivity contribution in [2.24, 2.45) is 0 Å². The molecule has 1 amide bonds. The first-order chi connectivity index (χ1) is 13.3. The van der Waals surface area contributed by atoms with Crippen LogP contribution in [0.3, 0.4) is 0 Å². The number of anilines is 1. The van der Waals surface area contributed by atoms with Gasteiger partial charge in [0.2, 0.25) is 0 Å². The molecular weight excluding hydrogens is 429 g/mol. The number of carbonyl (C=O) groups is 1. The molecule has 0 radical (unpaired) electrons. The number of aromatic nitrogens is 2. The molecule has 0 spiro atoms. The Kier molecular flexibility index (Phi) is 6.02. The van der Waals surface area contributed by atoms with Crippen molar-refractivity contribution in [3.63, 3.8) is 0 Å². The Morgan fingerprint density at radius 1 is 1.36 bits per heavy atom. The molecule has 2 aromatic heterocycles. The maximum Gasteiger partial charge on any atom is 0.416 e. The van der Waals surface area contributed by atoms with Gasteiger partial charge < -0.3 is 0 Å². The van der Waals surface area contributed by atoms with E-state index in [1.165, 1.54) is 40.6 Å². The van der Waals surface area contributed by atoms with Crippen LogP contribution in [0.25, 0.3) is 10.6 Å². The number of carbonyl (C=O) groups excluding carboxylic acids is 1. The monoisotopic (exact) mass is 440 g/mol. The molecule has 0 unspecified atom stereocenters. The van der Waals surface area contributed by atoms with Crippen molar-refractivity contribution in [2.75, 3.05) is 11.1 Å². The molecule has 0 atom stereocenters. The molecule has 0 bridgehead atoms. The molecule has 0 aliphatic heterocycles. The zero-order valence-electron chi connectivity index (χ0n) is 14.2. The van der Waals surface area contributed by atoms with Crippen LogP contribution in [-0.2, 0) is 6.18 Å². The normalized spacial score (nSPS) is 11.2. The average molecular weight is 440 g/mol. The van der Waals surface area contributed by atoms with E-state index < -0.39 is 17.6 Å². The van der Waals surface area contributed by atoms with Crippen LogP contribution in [0.5, 0.6) is 0 Å². The number of nitrogens with one attached hydrogen (secondary N) is 1. The second-order valence-electron chi connectivity index (χ2n) is 5.41. The molecule has 0 aliphatic carbocycles. The van der Waals surface area contributed by atoms with Crippen LogP contribution in [0, 0.1) is 18.3 Å². The summed E-state index contributed by atoms with van der Waals surface area (Å²) in [5.74, 6) is -0.219. The van der Waals surface area contributed by atoms with E-state index in [2.05, 4.69) is 15.3 Å². The minimum absolute atomic E-state index is 0.0940. The molecule has 1 N–H and O–H groups in total. The maximum atomic E-state index is 12.9. The highest BCUT2D eigenvalue weighted by atomic mass is 32.2. The van der Waals surface area contributed by atoms with E-state index in [4.69, 9.17) is 5.26 Å². The first-order valence-corrected chi connectivity index (χ1v) is 10.4. The van der Waals surface area contributed by atoms with Gasteiger partial charge in [0.05, 0.1) is 27.3 Å². The van der Waals surface area contributed by atoms with Crippen LogP contribution in [0.4, 0.5) is 18.3 Å². The molecule has 0 saturated carbocycles. The van der Waals surface area contributed by atoms with Crippen molar-refractivity contribution in [3.05, 3.63) is 46.6 Å². The minimum Gasteiger partial charge on any atom is -0.296 e. The predicted octanol–water partition coefficient (Wildman–Crippen LogP) is 5.46. The summed E-state index contributed by atoms with van der Waals surface area (Å²) in [5, 5.41) is 13.5. The van der Waals surface area contributed by atoms with E-state index in [0.29, 0.717) is 21.4 Å². The fraction of sp³-hybridized carbons (Fsp3) is 0.176. The van der Waals surface area contributed by atoms with Gasteiger partial charge in [0.15, 0.2) is 5.13 Å². The van der Waals surface area contributed by atoms with E-state index in [9.17, 15) is 18.0 Å². The molecule has 1 aromatic carbocycles. The fourth-order valence-corrected chi connectivity index (χ4v) is 4.76. The number of hydrogen-bond acceptors (Lipinski definition) is 7. The van der Waals surface area contributed by atoms with Crippen LogP contribution in [-0.4, -0.2) is 21.6 Å². The summed E-state index contributed by atoms with van der Waals surface area (Å²) < 4.78 is 39.4. The number of rotatable bonds is 5. The Hall–Kier alpha value is -2.42. The molecule has 0 saturated heterocycles. The Labute approximate surface area is 170 Å². The highest BCUT2D eigenvalue weighted by molar-refractivity contribution is 8.01. The lowest BCUT2D eigenvalue weighted by atomic mass is 10.1. The molecule has 144 valence electrons. The van der Waals surface area contributed by atoms with Gasteiger partial charge >= 0.3 is 6.18 Å². The summed E-state index contributed by atoms with van der Waals surface area (Å²) in [5.41, 5.74) is 0.325. The molecule has 3 rings (SSSR count). The summed E-state index contributed by atoms with van der Waals surface area (Å²) in [6.45, 7) is 1.78. The van der Waals surface area contributed by atoms with Crippen LogP contribution in [0.2, 0.25) is 0 Å². The number of thiazole rings is 2. The quantitative estimate of drug-likeness (QED) is 0.533. The van der Waals surface area contributed by atoms with Crippen molar-refractivity contribution in [3.8, 4) is 16.6 Å². The number of thioether (sulfide) groups is 1. The van der Waals surface area contributed by atoms with Crippen LogP contribution >= 0.6 is 34.4 Å². The number of alkyl halides is 3. The summed E-state index contributed by atoms with van der Waals surface area (Å²) in [6, 6.07) is 6.83.